The normalized spacial score (nSPS) is 23.8. The Balaban J connectivity index is 1.64. The van der Waals surface area contributed by atoms with Gasteiger partial charge in [-0.25, -0.2) is 4.39 Å². The van der Waals surface area contributed by atoms with Gasteiger partial charge in [-0.2, -0.15) is 0 Å². The lowest BCUT2D eigenvalue weighted by atomic mass is 9.81. The second kappa shape index (κ2) is 6.52. The first-order chi connectivity index (χ1) is 11.7. The van der Waals surface area contributed by atoms with Gasteiger partial charge in [0.25, 0.3) is 0 Å². The van der Waals surface area contributed by atoms with Crippen LogP contribution in [0.3, 0.4) is 0 Å². The van der Waals surface area contributed by atoms with Gasteiger partial charge in [0, 0.05) is 18.6 Å². The van der Waals surface area contributed by atoms with E-state index in [0.717, 1.165) is 24.1 Å². The van der Waals surface area contributed by atoms with E-state index in [1.807, 2.05) is 13.0 Å². The molecule has 24 heavy (non-hydrogen) atoms. The molecular formula is C22H24FN. The number of rotatable bonds is 3. The van der Waals surface area contributed by atoms with E-state index in [9.17, 15) is 4.39 Å². The molecule has 2 aliphatic rings. The Bertz CT molecular complexity index is 750. The number of piperidine rings is 1. The highest BCUT2D eigenvalue weighted by atomic mass is 19.1. The summed E-state index contributed by atoms with van der Waals surface area (Å²) >= 11 is 0. The first-order valence-electron chi connectivity index (χ1n) is 8.98. The van der Waals surface area contributed by atoms with Crippen molar-refractivity contribution < 1.29 is 4.39 Å². The number of benzene rings is 2. The van der Waals surface area contributed by atoms with Crippen LogP contribution >= 0.6 is 0 Å². The van der Waals surface area contributed by atoms with Crippen LogP contribution in [-0.2, 0) is 6.54 Å². The average molecular weight is 321 g/mol. The predicted molar refractivity (Wildman–Crippen MR) is 97.1 cm³/mol. The molecule has 2 bridgehead atoms. The zero-order valence-electron chi connectivity index (χ0n) is 14.2. The van der Waals surface area contributed by atoms with Crippen molar-refractivity contribution in [1.29, 1.82) is 0 Å². The van der Waals surface area contributed by atoms with Crippen LogP contribution in [0.15, 0.2) is 54.6 Å². The summed E-state index contributed by atoms with van der Waals surface area (Å²) in [7, 11) is 0. The average Bonchev–Trinajstić information content (AvgIpc) is 2.58. The maximum atomic E-state index is 14.0. The molecule has 0 amide bonds. The molecule has 2 unspecified atom stereocenters. The second-order valence-electron chi connectivity index (χ2n) is 7.12. The topological polar surface area (TPSA) is 3.24 Å². The van der Waals surface area contributed by atoms with E-state index < -0.39 is 0 Å². The molecule has 0 spiro atoms. The molecule has 0 aromatic heterocycles. The van der Waals surface area contributed by atoms with Crippen molar-refractivity contribution in [3.05, 3.63) is 77.1 Å². The lowest BCUT2D eigenvalue weighted by molar-refractivity contribution is 0.0951. The largest absolute Gasteiger partial charge is 0.289 e. The minimum atomic E-state index is -0.0923. The molecule has 0 radical (unpaired) electrons. The molecule has 2 aliphatic heterocycles. The Kier molecular flexibility index (Phi) is 4.24. The molecule has 2 aromatic carbocycles. The number of hydrogen-bond donors (Lipinski definition) is 0. The molecule has 2 heterocycles. The first kappa shape index (κ1) is 15.6. The highest BCUT2D eigenvalue weighted by Gasteiger charge is 2.34. The maximum absolute atomic E-state index is 14.0. The van der Waals surface area contributed by atoms with Gasteiger partial charge in [-0.3, -0.25) is 4.90 Å². The van der Waals surface area contributed by atoms with Gasteiger partial charge in [0.2, 0.25) is 0 Å². The molecule has 1 fully saturated rings. The summed E-state index contributed by atoms with van der Waals surface area (Å²) in [4.78, 5) is 2.65. The van der Waals surface area contributed by atoms with Crippen LogP contribution in [0.2, 0.25) is 0 Å². The standard InChI is InChI=1S/C22H24FN/c1-16-21(11-6-12-22(16)23)18-13-19-9-5-10-20(14-18)24(19)15-17-7-3-2-4-8-17/h2-4,6-8,11-13,19-20H,5,9-10,14-15H2,1H3. The second-order valence-corrected chi connectivity index (χ2v) is 7.12. The minimum Gasteiger partial charge on any atom is -0.289 e. The van der Waals surface area contributed by atoms with E-state index in [0.29, 0.717) is 12.1 Å². The van der Waals surface area contributed by atoms with E-state index >= 15 is 0 Å². The van der Waals surface area contributed by atoms with Gasteiger partial charge in [-0.15, -0.1) is 0 Å². The van der Waals surface area contributed by atoms with Gasteiger partial charge >= 0.3 is 0 Å². The Hall–Kier alpha value is -1.93. The third-order valence-electron chi connectivity index (χ3n) is 5.60. The summed E-state index contributed by atoms with van der Waals surface area (Å²) in [6.07, 6.45) is 7.19. The highest BCUT2D eigenvalue weighted by molar-refractivity contribution is 5.70. The molecule has 4 rings (SSSR count). The summed E-state index contributed by atoms with van der Waals surface area (Å²) in [5, 5.41) is 0. The van der Waals surface area contributed by atoms with Crippen molar-refractivity contribution in [1.82, 2.24) is 4.90 Å². The molecule has 2 aromatic rings. The Morgan fingerprint density at radius 3 is 2.67 bits per heavy atom. The molecular weight excluding hydrogens is 297 g/mol. The van der Waals surface area contributed by atoms with Crippen LogP contribution in [0.5, 0.6) is 0 Å². The predicted octanol–water partition coefficient (Wildman–Crippen LogP) is 5.34. The summed E-state index contributed by atoms with van der Waals surface area (Å²) in [5.74, 6) is -0.0923. The van der Waals surface area contributed by atoms with Crippen LogP contribution in [0.1, 0.15) is 42.4 Å². The van der Waals surface area contributed by atoms with Gasteiger partial charge in [0.05, 0.1) is 0 Å². The maximum Gasteiger partial charge on any atom is 0.126 e. The summed E-state index contributed by atoms with van der Waals surface area (Å²) < 4.78 is 14.0. The van der Waals surface area contributed by atoms with Crippen LogP contribution in [-0.4, -0.2) is 17.0 Å². The number of hydrogen-bond acceptors (Lipinski definition) is 1. The quantitative estimate of drug-likeness (QED) is 0.737. The van der Waals surface area contributed by atoms with E-state index in [2.05, 4.69) is 47.4 Å². The molecule has 2 heteroatoms. The molecule has 1 saturated heterocycles. The fourth-order valence-electron chi connectivity index (χ4n) is 4.31. The van der Waals surface area contributed by atoms with E-state index in [1.54, 1.807) is 6.07 Å². The monoisotopic (exact) mass is 321 g/mol. The molecule has 124 valence electrons. The zero-order valence-corrected chi connectivity index (χ0v) is 14.2. The van der Waals surface area contributed by atoms with Crippen molar-refractivity contribution in [3.8, 4) is 0 Å². The Morgan fingerprint density at radius 1 is 1.04 bits per heavy atom. The van der Waals surface area contributed by atoms with E-state index in [4.69, 9.17) is 0 Å². The van der Waals surface area contributed by atoms with Crippen molar-refractivity contribution in [3.63, 3.8) is 0 Å². The lowest BCUT2D eigenvalue weighted by Gasteiger charge is -2.45. The third-order valence-corrected chi connectivity index (χ3v) is 5.60. The van der Waals surface area contributed by atoms with Crippen molar-refractivity contribution in [2.75, 3.05) is 0 Å². The van der Waals surface area contributed by atoms with Crippen molar-refractivity contribution in [2.45, 2.75) is 51.2 Å². The zero-order chi connectivity index (χ0) is 16.5. The van der Waals surface area contributed by atoms with Crippen LogP contribution in [0, 0.1) is 12.7 Å². The fourth-order valence-corrected chi connectivity index (χ4v) is 4.31. The summed E-state index contributed by atoms with van der Waals surface area (Å²) in [6, 6.07) is 17.3. The molecule has 0 aliphatic carbocycles. The van der Waals surface area contributed by atoms with Gasteiger partial charge in [0.15, 0.2) is 0 Å². The Labute approximate surface area is 143 Å². The van der Waals surface area contributed by atoms with E-state index in [-0.39, 0.29) is 5.82 Å². The summed E-state index contributed by atoms with van der Waals surface area (Å²) in [6.45, 7) is 2.92. The lowest BCUT2D eigenvalue weighted by Crippen LogP contribution is -2.47. The SMILES string of the molecule is Cc1c(F)cccc1C1=CC2CCCC(C1)N2Cc1ccccc1. The minimum absolute atomic E-state index is 0.0923. The summed E-state index contributed by atoms with van der Waals surface area (Å²) in [5.41, 5.74) is 4.61. The first-order valence-corrected chi connectivity index (χ1v) is 8.98. The number of halogens is 1. The molecule has 0 saturated carbocycles. The fraction of sp³-hybridized carbons (Fsp3) is 0.364. The van der Waals surface area contributed by atoms with Crippen LogP contribution < -0.4 is 0 Å². The van der Waals surface area contributed by atoms with Crippen molar-refractivity contribution in [2.24, 2.45) is 0 Å². The molecule has 2 atom stereocenters. The van der Waals surface area contributed by atoms with Crippen LogP contribution in [0.4, 0.5) is 4.39 Å². The van der Waals surface area contributed by atoms with Crippen LogP contribution in [0.25, 0.3) is 5.57 Å². The Morgan fingerprint density at radius 2 is 1.88 bits per heavy atom. The van der Waals surface area contributed by atoms with Gasteiger partial charge in [0.1, 0.15) is 5.82 Å². The highest BCUT2D eigenvalue weighted by Crippen LogP contribution is 2.38. The van der Waals surface area contributed by atoms with Crippen molar-refractivity contribution >= 4 is 5.57 Å². The number of nitrogens with zero attached hydrogens (tertiary/aromatic N) is 1. The van der Waals surface area contributed by atoms with Gasteiger partial charge in [-0.1, -0.05) is 55.0 Å². The molecule has 0 N–H and O–H groups in total. The van der Waals surface area contributed by atoms with Gasteiger partial charge < -0.3 is 0 Å². The third kappa shape index (κ3) is 2.91. The number of fused-ring (bicyclic) bond motifs is 2. The molecule has 1 nitrogen and oxygen atoms in total. The smallest absolute Gasteiger partial charge is 0.126 e. The van der Waals surface area contributed by atoms with E-state index in [1.165, 1.54) is 30.4 Å². The van der Waals surface area contributed by atoms with Gasteiger partial charge in [-0.05, 0) is 54.5 Å².